The van der Waals surface area contributed by atoms with Crippen LogP contribution in [0.3, 0.4) is 0 Å². The van der Waals surface area contributed by atoms with Gasteiger partial charge < -0.3 is 15.8 Å². The van der Waals surface area contributed by atoms with Gasteiger partial charge in [0.1, 0.15) is 11.6 Å². The number of amides is 1. The Labute approximate surface area is 129 Å². The summed E-state index contributed by atoms with van der Waals surface area (Å²) in [5, 5.41) is 2.49. The second kappa shape index (κ2) is 6.47. The summed E-state index contributed by atoms with van der Waals surface area (Å²) in [5.74, 6) is -0.345. The van der Waals surface area contributed by atoms with Gasteiger partial charge in [-0.1, -0.05) is 12.1 Å². The molecule has 2 aromatic carbocycles. The normalized spacial score (nSPS) is 11.8. The van der Waals surface area contributed by atoms with E-state index < -0.39 is 17.8 Å². The van der Waals surface area contributed by atoms with Crippen LogP contribution in [-0.2, 0) is 4.79 Å². The standard InChI is InChI=1S/C17H19FN2O2/c1-10-4-5-11(2)16(8-10)22-12(3)17(21)20-15-9-13(19)6-7-14(15)18/h4-9,12H,19H2,1-3H3,(H,20,21). The molecular weight excluding hydrogens is 283 g/mol. The van der Waals surface area contributed by atoms with E-state index in [9.17, 15) is 9.18 Å². The van der Waals surface area contributed by atoms with Crippen molar-refractivity contribution in [2.75, 3.05) is 11.1 Å². The van der Waals surface area contributed by atoms with Gasteiger partial charge in [0.15, 0.2) is 6.10 Å². The highest BCUT2D eigenvalue weighted by atomic mass is 19.1. The lowest BCUT2D eigenvalue weighted by atomic mass is 10.1. The molecule has 0 aliphatic heterocycles. The minimum atomic E-state index is -0.763. The number of hydrogen-bond donors (Lipinski definition) is 2. The Morgan fingerprint density at radius 1 is 1.23 bits per heavy atom. The Morgan fingerprint density at radius 2 is 1.95 bits per heavy atom. The highest BCUT2D eigenvalue weighted by Crippen LogP contribution is 2.22. The van der Waals surface area contributed by atoms with Crippen LogP contribution in [0.15, 0.2) is 36.4 Å². The molecule has 0 aliphatic carbocycles. The SMILES string of the molecule is Cc1ccc(C)c(OC(C)C(=O)Nc2cc(N)ccc2F)c1. The number of carbonyl (C=O) groups is 1. The number of anilines is 2. The summed E-state index contributed by atoms with van der Waals surface area (Å²) >= 11 is 0. The fraction of sp³-hybridized carbons (Fsp3) is 0.235. The Bertz CT molecular complexity index is 701. The van der Waals surface area contributed by atoms with E-state index in [1.807, 2.05) is 32.0 Å². The first-order valence-electron chi connectivity index (χ1n) is 6.96. The molecule has 22 heavy (non-hydrogen) atoms. The molecule has 0 spiro atoms. The van der Waals surface area contributed by atoms with E-state index >= 15 is 0 Å². The van der Waals surface area contributed by atoms with E-state index in [2.05, 4.69) is 5.32 Å². The lowest BCUT2D eigenvalue weighted by Gasteiger charge is -2.17. The van der Waals surface area contributed by atoms with E-state index in [0.717, 1.165) is 11.1 Å². The van der Waals surface area contributed by atoms with Crippen LogP contribution in [0.5, 0.6) is 5.75 Å². The summed E-state index contributed by atoms with van der Waals surface area (Å²) in [6, 6.07) is 9.77. The third kappa shape index (κ3) is 3.75. The van der Waals surface area contributed by atoms with Gasteiger partial charge in [-0.2, -0.15) is 0 Å². The lowest BCUT2D eigenvalue weighted by Crippen LogP contribution is -2.30. The minimum Gasteiger partial charge on any atom is -0.481 e. The predicted octanol–water partition coefficient (Wildman–Crippen LogP) is 3.43. The number of aryl methyl sites for hydroxylation is 2. The molecule has 4 nitrogen and oxygen atoms in total. The van der Waals surface area contributed by atoms with E-state index in [1.54, 1.807) is 6.92 Å². The maximum atomic E-state index is 13.6. The van der Waals surface area contributed by atoms with Gasteiger partial charge in [-0.05, 0) is 56.2 Å². The molecule has 1 amide bonds. The van der Waals surface area contributed by atoms with Gasteiger partial charge in [0, 0.05) is 5.69 Å². The number of nitrogens with two attached hydrogens (primary N) is 1. The second-order valence-electron chi connectivity index (χ2n) is 5.26. The van der Waals surface area contributed by atoms with Gasteiger partial charge in [-0.15, -0.1) is 0 Å². The van der Waals surface area contributed by atoms with Crippen molar-refractivity contribution in [2.24, 2.45) is 0 Å². The predicted molar refractivity (Wildman–Crippen MR) is 85.4 cm³/mol. The first-order valence-corrected chi connectivity index (χ1v) is 6.96. The minimum absolute atomic E-state index is 0.0430. The van der Waals surface area contributed by atoms with Crippen LogP contribution >= 0.6 is 0 Å². The molecule has 0 aliphatic rings. The van der Waals surface area contributed by atoms with Crippen LogP contribution in [0.25, 0.3) is 0 Å². The number of hydrogen-bond acceptors (Lipinski definition) is 3. The quantitative estimate of drug-likeness (QED) is 0.850. The van der Waals surface area contributed by atoms with Crippen LogP contribution in [0.2, 0.25) is 0 Å². The van der Waals surface area contributed by atoms with Gasteiger partial charge >= 0.3 is 0 Å². The van der Waals surface area contributed by atoms with Crippen molar-refractivity contribution in [3.05, 3.63) is 53.3 Å². The molecule has 0 bridgehead atoms. The van der Waals surface area contributed by atoms with Crippen molar-refractivity contribution < 1.29 is 13.9 Å². The van der Waals surface area contributed by atoms with Crippen molar-refractivity contribution >= 4 is 17.3 Å². The second-order valence-corrected chi connectivity index (χ2v) is 5.26. The molecule has 0 fully saturated rings. The monoisotopic (exact) mass is 302 g/mol. The maximum Gasteiger partial charge on any atom is 0.265 e. The molecular formula is C17H19FN2O2. The number of nitrogens with one attached hydrogen (secondary N) is 1. The first kappa shape index (κ1) is 15.8. The molecule has 0 saturated carbocycles. The van der Waals surface area contributed by atoms with Crippen LogP contribution in [-0.4, -0.2) is 12.0 Å². The van der Waals surface area contributed by atoms with Crippen molar-refractivity contribution in [3.63, 3.8) is 0 Å². The summed E-state index contributed by atoms with van der Waals surface area (Å²) < 4.78 is 19.3. The zero-order chi connectivity index (χ0) is 16.3. The molecule has 0 saturated heterocycles. The molecule has 5 heteroatoms. The Kier molecular flexibility index (Phi) is 4.65. The van der Waals surface area contributed by atoms with Gasteiger partial charge in [0.25, 0.3) is 5.91 Å². The molecule has 0 radical (unpaired) electrons. The molecule has 3 N–H and O–H groups in total. The fourth-order valence-corrected chi connectivity index (χ4v) is 1.95. The molecule has 1 unspecified atom stereocenters. The van der Waals surface area contributed by atoms with E-state index in [1.165, 1.54) is 18.2 Å². The smallest absolute Gasteiger partial charge is 0.265 e. The molecule has 0 heterocycles. The highest BCUT2D eigenvalue weighted by molar-refractivity contribution is 5.94. The lowest BCUT2D eigenvalue weighted by molar-refractivity contribution is -0.122. The molecule has 116 valence electrons. The van der Waals surface area contributed by atoms with Crippen molar-refractivity contribution in [1.82, 2.24) is 0 Å². The van der Waals surface area contributed by atoms with E-state index in [-0.39, 0.29) is 5.69 Å². The van der Waals surface area contributed by atoms with Gasteiger partial charge in [-0.3, -0.25) is 4.79 Å². The van der Waals surface area contributed by atoms with Crippen LogP contribution in [0.4, 0.5) is 15.8 Å². The third-order valence-electron chi connectivity index (χ3n) is 3.26. The number of ether oxygens (including phenoxy) is 1. The number of rotatable bonds is 4. The number of benzene rings is 2. The molecule has 0 aromatic heterocycles. The largest absolute Gasteiger partial charge is 0.481 e. The van der Waals surface area contributed by atoms with Crippen molar-refractivity contribution in [3.8, 4) is 5.75 Å². The average Bonchev–Trinajstić information content (AvgIpc) is 2.46. The van der Waals surface area contributed by atoms with Crippen LogP contribution < -0.4 is 15.8 Å². The summed E-state index contributed by atoms with van der Waals surface area (Å²) in [5.41, 5.74) is 7.98. The van der Waals surface area contributed by atoms with Gasteiger partial charge in [0.2, 0.25) is 0 Å². The fourth-order valence-electron chi connectivity index (χ4n) is 1.95. The number of halogens is 1. The summed E-state index contributed by atoms with van der Waals surface area (Å²) in [6.07, 6.45) is -0.763. The summed E-state index contributed by atoms with van der Waals surface area (Å²) in [4.78, 5) is 12.1. The first-order chi connectivity index (χ1) is 10.4. The average molecular weight is 302 g/mol. The van der Waals surface area contributed by atoms with E-state index in [4.69, 9.17) is 10.5 Å². The molecule has 2 aromatic rings. The Hall–Kier alpha value is -2.56. The third-order valence-corrected chi connectivity index (χ3v) is 3.26. The Balaban J connectivity index is 2.09. The van der Waals surface area contributed by atoms with Gasteiger partial charge in [0.05, 0.1) is 5.69 Å². The Morgan fingerprint density at radius 3 is 2.68 bits per heavy atom. The zero-order valence-electron chi connectivity index (χ0n) is 12.8. The maximum absolute atomic E-state index is 13.6. The van der Waals surface area contributed by atoms with Crippen LogP contribution in [0, 0.1) is 19.7 Å². The molecule has 1 atom stereocenters. The zero-order valence-corrected chi connectivity index (χ0v) is 12.8. The van der Waals surface area contributed by atoms with Crippen molar-refractivity contribution in [2.45, 2.75) is 26.9 Å². The topological polar surface area (TPSA) is 64.3 Å². The number of nitrogen functional groups attached to an aromatic ring is 1. The summed E-state index contributed by atoms with van der Waals surface area (Å²) in [7, 11) is 0. The summed E-state index contributed by atoms with van der Waals surface area (Å²) in [6.45, 7) is 5.46. The van der Waals surface area contributed by atoms with E-state index in [0.29, 0.717) is 11.4 Å². The van der Waals surface area contributed by atoms with Gasteiger partial charge in [-0.25, -0.2) is 4.39 Å². The number of carbonyl (C=O) groups excluding carboxylic acids is 1. The van der Waals surface area contributed by atoms with Crippen LogP contribution in [0.1, 0.15) is 18.1 Å². The molecule has 2 rings (SSSR count). The van der Waals surface area contributed by atoms with Crippen molar-refractivity contribution in [1.29, 1.82) is 0 Å². The highest BCUT2D eigenvalue weighted by Gasteiger charge is 2.17.